The highest BCUT2D eigenvalue weighted by Crippen LogP contribution is 2.16. The van der Waals surface area contributed by atoms with Crippen LogP contribution in [0.15, 0.2) is 55.3 Å². The zero-order valence-corrected chi connectivity index (χ0v) is 16.5. The topological polar surface area (TPSA) is 46.9 Å². The molecule has 0 fully saturated rings. The molecule has 0 aliphatic rings. The summed E-state index contributed by atoms with van der Waals surface area (Å²) in [5.41, 5.74) is 2.41. The van der Waals surface area contributed by atoms with E-state index in [1.54, 1.807) is 14.2 Å². The normalized spacial score (nSPS) is 12.3. The average Bonchev–Trinajstić information content (AvgIpc) is 3.11. The number of rotatable bonds is 13. The van der Waals surface area contributed by atoms with Crippen LogP contribution < -0.4 is 4.74 Å². The zero-order valence-electron chi connectivity index (χ0n) is 16.5. The first-order chi connectivity index (χ1) is 13.2. The van der Waals surface area contributed by atoms with Gasteiger partial charge in [-0.15, -0.1) is 6.58 Å². The molecule has 1 N–H and O–H groups in total. The Morgan fingerprint density at radius 3 is 2.85 bits per heavy atom. The molecule has 0 bridgehead atoms. The van der Waals surface area contributed by atoms with E-state index in [1.807, 2.05) is 18.2 Å². The molecule has 0 saturated carbocycles. The maximum absolute atomic E-state index is 10.3. The average molecular weight is 373 g/mol. The van der Waals surface area contributed by atoms with Crippen molar-refractivity contribution in [2.45, 2.75) is 32.0 Å². The van der Waals surface area contributed by atoms with Crippen molar-refractivity contribution in [1.82, 2.24) is 9.47 Å². The van der Waals surface area contributed by atoms with Gasteiger partial charge in [0.15, 0.2) is 0 Å². The molecule has 1 heterocycles. The number of allylic oxidation sites excluding steroid dienone is 1. The SMILES string of the molecule is C=CCC[C@H](O)CN(CCOC)Cc1cccn1Cc1cccc(OC)c1. The van der Waals surface area contributed by atoms with Crippen molar-refractivity contribution in [1.29, 1.82) is 0 Å². The van der Waals surface area contributed by atoms with Gasteiger partial charge in [0.25, 0.3) is 0 Å². The van der Waals surface area contributed by atoms with Gasteiger partial charge in [-0.3, -0.25) is 4.90 Å². The molecular weight excluding hydrogens is 340 g/mol. The molecule has 5 heteroatoms. The number of ether oxygens (including phenoxy) is 2. The summed E-state index contributed by atoms with van der Waals surface area (Å²) in [5.74, 6) is 0.869. The van der Waals surface area contributed by atoms with E-state index in [9.17, 15) is 5.11 Å². The highest BCUT2D eigenvalue weighted by molar-refractivity contribution is 5.29. The highest BCUT2D eigenvalue weighted by atomic mass is 16.5. The van der Waals surface area contributed by atoms with E-state index in [0.29, 0.717) is 13.2 Å². The second kappa shape index (κ2) is 11.6. The molecule has 0 aliphatic heterocycles. The maximum atomic E-state index is 10.3. The van der Waals surface area contributed by atoms with Gasteiger partial charge in [0.1, 0.15) is 5.75 Å². The number of nitrogens with zero attached hydrogens (tertiary/aromatic N) is 2. The van der Waals surface area contributed by atoms with Crippen molar-refractivity contribution >= 4 is 0 Å². The summed E-state index contributed by atoms with van der Waals surface area (Å²) in [6.07, 6.45) is 5.14. The van der Waals surface area contributed by atoms with Gasteiger partial charge in [0, 0.05) is 45.2 Å². The molecule has 148 valence electrons. The monoisotopic (exact) mass is 372 g/mol. The molecule has 27 heavy (non-hydrogen) atoms. The van der Waals surface area contributed by atoms with Gasteiger partial charge in [0.05, 0.1) is 19.8 Å². The third-order valence-corrected chi connectivity index (χ3v) is 4.58. The van der Waals surface area contributed by atoms with E-state index in [0.717, 1.165) is 38.2 Å². The van der Waals surface area contributed by atoms with E-state index in [-0.39, 0.29) is 6.10 Å². The molecule has 0 unspecified atom stereocenters. The number of hydrogen-bond acceptors (Lipinski definition) is 4. The first-order valence-electron chi connectivity index (χ1n) is 9.43. The summed E-state index contributed by atoms with van der Waals surface area (Å²) in [5, 5.41) is 10.3. The lowest BCUT2D eigenvalue weighted by Gasteiger charge is -2.25. The second-order valence-electron chi connectivity index (χ2n) is 6.73. The molecule has 0 spiro atoms. The van der Waals surface area contributed by atoms with Crippen molar-refractivity contribution in [2.24, 2.45) is 0 Å². The van der Waals surface area contributed by atoms with Crippen LogP contribution in [0.25, 0.3) is 0 Å². The number of methoxy groups -OCH3 is 2. The van der Waals surface area contributed by atoms with Crippen LogP contribution >= 0.6 is 0 Å². The summed E-state index contributed by atoms with van der Waals surface area (Å²) in [6.45, 7) is 7.34. The van der Waals surface area contributed by atoms with Crippen molar-refractivity contribution in [3.8, 4) is 5.75 Å². The van der Waals surface area contributed by atoms with E-state index < -0.39 is 0 Å². The van der Waals surface area contributed by atoms with Crippen molar-refractivity contribution in [2.75, 3.05) is 33.9 Å². The molecule has 5 nitrogen and oxygen atoms in total. The Morgan fingerprint density at radius 2 is 2.11 bits per heavy atom. The third-order valence-electron chi connectivity index (χ3n) is 4.58. The van der Waals surface area contributed by atoms with Gasteiger partial charge >= 0.3 is 0 Å². The lowest BCUT2D eigenvalue weighted by atomic mass is 10.2. The zero-order chi connectivity index (χ0) is 19.5. The molecule has 1 aromatic carbocycles. The summed E-state index contributed by atoms with van der Waals surface area (Å²) in [7, 11) is 3.39. The summed E-state index contributed by atoms with van der Waals surface area (Å²) in [4.78, 5) is 2.24. The molecule has 0 amide bonds. The van der Waals surface area contributed by atoms with Crippen LogP contribution in [-0.4, -0.2) is 54.6 Å². The van der Waals surface area contributed by atoms with Crippen LogP contribution in [0.2, 0.25) is 0 Å². The fourth-order valence-corrected chi connectivity index (χ4v) is 3.10. The van der Waals surface area contributed by atoms with Crippen LogP contribution in [0.3, 0.4) is 0 Å². The largest absolute Gasteiger partial charge is 0.497 e. The van der Waals surface area contributed by atoms with Gasteiger partial charge in [-0.1, -0.05) is 18.2 Å². The van der Waals surface area contributed by atoms with Crippen LogP contribution in [-0.2, 0) is 17.8 Å². The lowest BCUT2D eigenvalue weighted by molar-refractivity contribution is 0.0797. The van der Waals surface area contributed by atoms with E-state index in [4.69, 9.17) is 9.47 Å². The van der Waals surface area contributed by atoms with Gasteiger partial charge in [-0.25, -0.2) is 0 Å². The van der Waals surface area contributed by atoms with Crippen molar-refractivity contribution in [3.05, 3.63) is 66.5 Å². The molecule has 2 rings (SSSR count). The predicted molar refractivity (Wildman–Crippen MR) is 109 cm³/mol. The Hall–Kier alpha value is -2.08. The Balaban J connectivity index is 2.04. The van der Waals surface area contributed by atoms with Crippen LogP contribution in [0.4, 0.5) is 0 Å². The molecule has 1 aromatic heterocycles. The number of hydrogen-bond donors (Lipinski definition) is 1. The van der Waals surface area contributed by atoms with Gasteiger partial charge in [0.2, 0.25) is 0 Å². The number of aliphatic hydroxyl groups is 1. The fraction of sp³-hybridized carbons (Fsp3) is 0.455. The summed E-state index contributed by atoms with van der Waals surface area (Å²) in [6, 6.07) is 12.3. The van der Waals surface area contributed by atoms with Gasteiger partial charge in [-0.05, 0) is 42.7 Å². The van der Waals surface area contributed by atoms with Crippen LogP contribution in [0.1, 0.15) is 24.1 Å². The minimum absolute atomic E-state index is 0.360. The summed E-state index contributed by atoms with van der Waals surface area (Å²) < 4.78 is 12.8. The quantitative estimate of drug-likeness (QED) is 0.548. The fourth-order valence-electron chi connectivity index (χ4n) is 3.10. The number of benzene rings is 1. The van der Waals surface area contributed by atoms with Crippen LogP contribution in [0, 0.1) is 0 Å². The lowest BCUT2D eigenvalue weighted by Crippen LogP contribution is -2.35. The minimum atomic E-state index is -0.360. The van der Waals surface area contributed by atoms with Crippen LogP contribution in [0.5, 0.6) is 5.75 Å². The number of aliphatic hydroxyl groups excluding tert-OH is 1. The Kier molecular flexibility index (Phi) is 9.11. The van der Waals surface area contributed by atoms with E-state index >= 15 is 0 Å². The third kappa shape index (κ3) is 7.21. The maximum Gasteiger partial charge on any atom is 0.119 e. The molecule has 0 radical (unpaired) electrons. The minimum Gasteiger partial charge on any atom is -0.497 e. The standard InChI is InChI=1S/C22H32N2O3/c1-4-5-10-21(25)18-23(13-14-26-2)17-20-9-7-12-24(20)16-19-8-6-11-22(15-19)27-3/h4,6-9,11-12,15,21,25H,1,5,10,13-14,16-18H2,2-3H3/t21-/m0/s1. The highest BCUT2D eigenvalue weighted by Gasteiger charge is 2.14. The molecule has 1 atom stereocenters. The predicted octanol–water partition coefficient (Wildman–Crippen LogP) is 3.32. The first-order valence-corrected chi connectivity index (χ1v) is 9.43. The van der Waals surface area contributed by atoms with Crippen molar-refractivity contribution in [3.63, 3.8) is 0 Å². The second-order valence-corrected chi connectivity index (χ2v) is 6.73. The first kappa shape index (κ1) is 21.2. The molecular formula is C22H32N2O3. The van der Waals surface area contributed by atoms with E-state index in [2.05, 4.69) is 46.5 Å². The smallest absolute Gasteiger partial charge is 0.119 e. The number of aromatic nitrogens is 1. The van der Waals surface area contributed by atoms with E-state index in [1.165, 1.54) is 11.3 Å². The molecule has 0 saturated heterocycles. The van der Waals surface area contributed by atoms with Gasteiger partial charge < -0.3 is 19.1 Å². The van der Waals surface area contributed by atoms with Gasteiger partial charge in [-0.2, -0.15) is 0 Å². The Labute approximate surface area is 162 Å². The summed E-state index contributed by atoms with van der Waals surface area (Å²) >= 11 is 0. The Morgan fingerprint density at radius 1 is 1.26 bits per heavy atom. The molecule has 2 aromatic rings. The Bertz CT molecular complexity index is 684. The van der Waals surface area contributed by atoms with Crippen molar-refractivity contribution < 1.29 is 14.6 Å². The molecule has 0 aliphatic carbocycles.